The molecule has 0 saturated heterocycles. The van der Waals surface area contributed by atoms with Gasteiger partial charge in [-0.05, 0) is 42.2 Å². The minimum atomic E-state index is 0.296. The number of para-hydroxylation sites is 1. The lowest BCUT2D eigenvalue weighted by molar-refractivity contribution is 0.831. The summed E-state index contributed by atoms with van der Waals surface area (Å²) in [4.78, 5) is 19.9. The number of hydrogen-bond acceptors (Lipinski definition) is 4. The van der Waals surface area contributed by atoms with Gasteiger partial charge in [0, 0.05) is 38.7 Å². The van der Waals surface area contributed by atoms with E-state index in [-0.39, 0.29) is 0 Å². The van der Waals surface area contributed by atoms with Crippen LogP contribution in [0.15, 0.2) is 109 Å². The van der Waals surface area contributed by atoms with Gasteiger partial charge in [-0.25, -0.2) is 9.97 Å². The van der Waals surface area contributed by atoms with Crippen molar-refractivity contribution in [3.63, 3.8) is 0 Å². The smallest absolute Gasteiger partial charge is 0.160 e. The van der Waals surface area contributed by atoms with E-state index >= 15 is 0 Å². The van der Waals surface area contributed by atoms with Crippen LogP contribution in [0.4, 0.5) is 0 Å². The van der Waals surface area contributed by atoms with E-state index < -0.39 is 0 Å². The number of rotatable bonds is 4. The Morgan fingerprint density at radius 1 is 0.550 bits per heavy atom. The van der Waals surface area contributed by atoms with Crippen molar-refractivity contribution in [3.05, 3.63) is 121 Å². The predicted octanol–water partition coefficient (Wildman–Crippen LogP) is 9.16. The lowest BCUT2D eigenvalue weighted by atomic mass is 9.95. The van der Waals surface area contributed by atoms with Gasteiger partial charge in [0.1, 0.15) is 0 Å². The highest BCUT2D eigenvalue weighted by Gasteiger charge is 2.15. The molecule has 0 aliphatic heterocycles. The number of pyridine rings is 2. The zero-order chi connectivity index (χ0) is 27.2. The molecule has 0 saturated carbocycles. The molecule has 3 aromatic heterocycles. The topological polar surface area (TPSA) is 51.6 Å². The molecule has 0 N–H and O–H groups in total. The van der Waals surface area contributed by atoms with E-state index in [1.165, 1.54) is 0 Å². The average molecular weight is 517 g/mol. The Morgan fingerprint density at radius 2 is 1.27 bits per heavy atom. The van der Waals surface area contributed by atoms with Crippen molar-refractivity contribution in [2.24, 2.45) is 0 Å². The second-order valence-electron chi connectivity index (χ2n) is 10.6. The van der Waals surface area contributed by atoms with Crippen molar-refractivity contribution in [3.8, 4) is 33.8 Å². The summed E-state index contributed by atoms with van der Waals surface area (Å²) < 4.78 is 0. The molecule has 0 unspecified atom stereocenters. The lowest BCUT2D eigenvalue weighted by Gasteiger charge is -2.14. The van der Waals surface area contributed by atoms with Gasteiger partial charge in [-0.15, -0.1) is 0 Å². The molecule has 7 aromatic rings. The van der Waals surface area contributed by atoms with Crippen LogP contribution in [0.2, 0.25) is 0 Å². The van der Waals surface area contributed by atoms with E-state index in [0.29, 0.717) is 5.92 Å². The number of benzene rings is 4. The Morgan fingerprint density at radius 3 is 2.08 bits per heavy atom. The molecule has 3 heterocycles. The van der Waals surface area contributed by atoms with Crippen LogP contribution in [0.25, 0.3) is 66.5 Å². The van der Waals surface area contributed by atoms with Crippen molar-refractivity contribution in [1.29, 1.82) is 0 Å². The molecule has 4 heteroatoms. The van der Waals surface area contributed by atoms with Crippen LogP contribution in [0.3, 0.4) is 0 Å². The third-order valence-corrected chi connectivity index (χ3v) is 7.49. The van der Waals surface area contributed by atoms with E-state index in [2.05, 4.69) is 92.7 Å². The summed E-state index contributed by atoms with van der Waals surface area (Å²) in [5.74, 6) is 1.02. The van der Waals surface area contributed by atoms with Gasteiger partial charge in [0.25, 0.3) is 0 Å². The maximum Gasteiger partial charge on any atom is 0.160 e. The third-order valence-electron chi connectivity index (χ3n) is 7.49. The molecule has 4 aromatic carbocycles. The van der Waals surface area contributed by atoms with Crippen molar-refractivity contribution in [1.82, 2.24) is 19.9 Å². The van der Waals surface area contributed by atoms with Crippen molar-refractivity contribution >= 4 is 32.7 Å². The van der Waals surface area contributed by atoms with Gasteiger partial charge in [-0.1, -0.05) is 105 Å². The predicted molar refractivity (Wildman–Crippen MR) is 165 cm³/mol. The van der Waals surface area contributed by atoms with Gasteiger partial charge >= 0.3 is 0 Å². The van der Waals surface area contributed by atoms with E-state index in [0.717, 1.165) is 77.9 Å². The summed E-state index contributed by atoms with van der Waals surface area (Å²) in [7, 11) is 0. The summed E-state index contributed by atoms with van der Waals surface area (Å²) in [6.45, 7) is 6.40. The molecule has 0 radical (unpaired) electrons. The fourth-order valence-electron chi connectivity index (χ4n) is 5.34. The van der Waals surface area contributed by atoms with Gasteiger partial charge in [0.15, 0.2) is 5.82 Å². The Bertz CT molecular complexity index is 2030. The van der Waals surface area contributed by atoms with Crippen LogP contribution >= 0.6 is 0 Å². The average Bonchev–Trinajstić information content (AvgIpc) is 3.00. The lowest BCUT2D eigenvalue weighted by Crippen LogP contribution is -1.98. The van der Waals surface area contributed by atoms with Gasteiger partial charge < -0.3 is 0 Å². The largest absolute Gasteiger partial charge is 0.251 e. The minimum absolute atomic E-state index is 0.296. The maximum absolute atomic E-state index is 5.08. The quantitative estimate of drug-likeness (QED) is 0.219. The van der Waals surface area contributed by atoms with Crippen molar-refractivity contribution < 1.29 is 0 Å². The Kier molecular flexibility index (Phi) is 5.82. The van der Waals surface area contributed by atoms with Gasteiger partial charge in [-0.2, -0.15) is 0 Å². The molecule has 7 rings (SSSR count). The molecule has 0 bridgehead atoms. The Hall–Kier alpha value is -4.96. The molecular weight excluding hydrogens is 488 g/mol. The number of nitrogens with zero attached hydrogens (tertiary/aromatic N) is 4. The molecule has 0 aliphatic carbocycles. The van der Waals surface area contributed by atoms with Crippen LogP contribution in [0, 0.1) is 6.92 Å². The van der Waals surface area contributed by atoms with Crippen LogP contribution in [0.5, 0.6) is 0 Å². The van der Waals surface area contributed by atoms with Gasteiger partial charge in [0.2, 0.25) is 0 Å². The SMILES string of the molecule is Cc1ccc2ccc3c(-c4ccc(-c5nc(-c6ccccc6)c6ccccc6n5)cc4)cc(C(C)C)nc3c2n1. The number of hydrogen-bond donors (Lipinski definition) is 0. The molecule has 40 heavy (non-hydrogen) atoms. The summed E-state index contributed by atoms with van der Waals surface area (Å²) >= 11 is 0. The minimum Gasteiger partial charge on any atom is -0.251 e. The van der Waals surface area contributed by atoms with Crippen LogP contribution in [-0.2, 0) is 0 Å². The molecule has 0 aliphatic rings. The number of aryl methyl sites for hydroxylation is 1. The van der Waals surface area contributed by atoms with E-state index in [4.69, 9.17) is 19.9 Å². The highest BCUT2D eigenvalue weighted by atomic mass is 14.9. The molecule has 0 atom stereocenters. The van der Waals surface area contributed by atoms with E-state index in [9.17, 15) is 0 Å². The Balaban J connectivity index is 1.38. The van der Waals surface area contributed by atoms with Gasteiger partial charge in [0.05, 0.1) is 22.2 Å². The second-order valence-corrected chi connectivity index (χ2v) is 10.6. The van der Waals surface area contributed by atoms with Crippen LogP contribution in [0.1, 0.15) is 31.2 Å². The molecule has 0 amide bonds. The fraction of sp³-hybridized carbons (Fsp3) is 0.111. The first-order valence-corrected chi connectivity index (χ1v) is 13.7. The maximum atomic E-state index is 5.08. The molecule has 4 nitrogen and oxygen atoms in total. The standard InChI is InChI=1S/C36H28N4/c1-22(2)32-21-30(28-20-19-26-14-13-23(3)37-34(26)35(28)38-32)24-15-17-27(18-16-24)36-39-31-12-8-7-11-29(31)33(40-36)25-9-5-4-6-10-25/h4-22H,1-3H3. The summed E-state index contributed by atoms with van der Waals surface area (Å²) in [6.07, 6.45) is 0. The molecule has 0 fully saturated rings. The number of fused-ring (bicyclic) bond motifs is 4. The first-order valence-electron chi connectivity index (χ1n) is 13.7. The summed E-state index contributed by atoms with van der Waals surface area (Å²) in [6, 6.07) is 37.8. The van der Waals surface area contributed by atoms with Crippen LogP contribution in [-0.4, -0.2) is 19.9 Å². The normalized spacial score (nSPS) is 11.6. The molecule has 192 valence electrons. The van der Waals surface area contributed by atoms with Gasteiger partial charge in [-0.3, -0.25) is 9.97 Å². The zero-order valence-electron chi connectivity index (χ0n) is 22.8. The highest BCUT2D eigenvalue weighted by molar-refractivity contribution is 6.08. The monoisotopic (exact) mass is 516 g/mol. The first kappa shape index (κ1) is 24.1. The molecule has 0 spiro atoms. The summed E-state index contributed by atoms with van der Waals surface area (Å²) in [5, 5.41) is 3.26. The number of aromatic nitrogens is 4. The second kappa shape index (κ2) is 9.65. The van der Waals surface area contributed by atoms with E-state index in [1.807, 2.05) is 37.3 Å². The zero-order valence-corrected chi connectivity index (χ0v) is 22.8. The van der Waals surface area contributed by atoms with Crippen LogP contribution < -0.4 is 0 Å². The Labute approximate surface area is 233 Å². The molecular formula is C36H28N4. The highest BCUT2D eigenvalue weighted by Crippen LogP contribution is 2.35. The van der Waals surface area contributed by atoms with Crippen molar-refractivity contribution in [2.45, 2.75) is 26.7 Å². The van der Waals surface area contributed by atoms with E-state index in [1.54, 1.807) is 0 Å². The first-order chi connectivity index (χ1) is 19.5. The van der Waals surface area contributed by atoms with Crippen molar-refractivity contribution in [2.75, 3.05) is 0 Å². The fourth-order valence-corrected chi connectivity index (χ4v) is 5.34. The third kappa shape index (κ3) is 4.18. The summed E-state index contributed by atoms with van der Waals surface area (Å²) in [5.41, 5.74) is 10.2.